The average molecular weight is 616 g/mol. The summed E-state index contributed by atoms with van der Waals surface area (Å²) in [6.45, 7) is 4.80. The molecule has 1 aromatic rings. The van der Waals surface area contributed by atoms with Gasteiger partial charge in [-0.1, -0.05) is 12.1 Å². The molecule has 1 heterocycles. The summed E-state index contributed by atoms with van der Waals surface area (Å²) in [5, 5.41) is 41.3. The number of carboxylic acids is 4. The van der Waals surface area contributed by atoms with Crippen LogP contribution in [0.25, 0.3) is 0 Å². The zero-order valence-corrected chi connectivity index (χ0v) is 23.9. The number of nitrogens with zero attached hydrogens (tertiary/aromatic N) is 4. The number of anilines is 1. The molecule has 1 atom stereocenters. The molecule has 1 aliphatic rings. The first-order valence-corrected chi connectivity index (χ1v) is 13.0. The number of carboxylic acid groups (broad SMARTS) is 4. The van der Waals surface area contributed by atoms with E-state index in [0.29, 0.717) is 6.42 Å². The van der Waals surface area contributed by atoms with Crippen molar-refractivity contribution in [1.29, 1.82) is 0 Å². The zero-order valence-electron chi connectivity index (χ0n) is 23.0. The van der Waals surface area contributed by atoms with E-state index in [1.807, 2.05) is 38.1 Å². The molecule has 5 N–H and O–H groups in total. The summed E-state index contributed by atoms with van der Waals surface area (Å²) in [4.78, 5) is 53.2. The van der Waals surface area contributed by atoms with Crippen LogP contribution in [0.15, 0.2) is 24.3 Å². The summed E-state index contributed by atoms with van der Waals surface area (Å²) in [6.07, 6.45) is 0.448. The molecule has 0 spiro atoms. The molecule has 0 aliphatic carbocycles. The zero-order chi connectivity index (χ0) is 28.9. The summed E-state index contributed by atoms with van der Waals surface area (Å²) in [5.74, 6) is -4.13. The third-order valence-corrected chi connectivity index (χ3v) is 6.45. The Bertz CT molecular complexity index is 965. The largest absolute Gasteiger partial charge is 0.480 e. The van der Waals surface area contributed by atoms with Gasteiger partial charge in [-0.3, -0.25) is 38.8 Å². The number of benzene rings is 1. The number of nitrogens with one attached hydrogen (secondary N) is 1. The first kappa shape index (κ1) is 35.3. The molecular formula is C26H41CuN5O8. The van der Waals surface area contributed by atoms with Crippen molar-refractivity contribution >= 4 is 29.6 Å². The Balaban J connectivity index is 0.00000800. The van der Waals surface area contributed by atoms with E-state index in [9.17, 15) is 39.6 Å². The molecule has 2 rings (SSSR count). The van der Waals surface area contributed by atoms with Crippen LogP contribution in [0.3, 0.4) is 0 Å². The second kappa shape index (κ2) is 17.8. The SMILES string of the molecule is CC(C)Nc1ccc(CC2CN(CC(=O)O)CCN(CC(=O)O)CCN(CC(=O)O)CCN2CC(=O)O)cc1.[64Cu]. The summed E-state index contributed by atoms with van der Waals surface area (Å²) in [6, 6.07) is 7.66. The van der Waals surface area contributed by atoms with Gasteiger partial charge in [0, 0.05) is 80.7 Å². The van der Waals surface area contributed by atoms with E-state index in [0.717, 1.165) is 11.3 Å². The van der Waals surface area contributed by atoms with Crippen molar-refractivity contribution in [1.82, 2.24) is 19.6 Å². The normalized spacial score (nSPS) is 18.7. The van der Waals surface area contributed by atoms with Crippen molar-refractivity contribution in [2.45, 2.75) is 32.4 Å². The van der Waals surface area contributed by atoms with Gasteiger partial charge in [-0.05, 0) is 38.0 Å². The molecule has 229 valence electrons. The maximum atomic E-state index is 11.8. The number of hydrogen-bond donors (Lipinski definition) is 5. The van der Waals surface area contributed by atoms with Gasteiger partial charge >= 0.3 is 23.9 Å². The summed E-state index contributed by atoms with van der Waals surface area (Å²) in [5.41, 5.74) is 1.90. The monoisotopic (exact) mass is 615 g/mol. The van der Waals surface area contributed by atoms with Gasteiger partial charge in [0.25, 0.3) is 0 Å². The Kier molecular flexibility index (Phi) is 15.7. The minimum Gasteiger partial charge on any atom is -0.480 e. The fraction of sp³-hybridized carbons (Fsp3) is 0.615. The van der Waals surface area contributed by atoms with E-state index in [1.54, 1.807) is 19.6 Å². The van der Waals surface area contributed by atoms with Crippen molar-refractivity contribution in [3.63, 3.8) is 0 Å². The van der Waals surface area contributed by atoms with E-state index in [4.69, 9.17) is 0 Å². The average Bonchev–Trinajstić information content (AvgIpc) is 2.81. The van der Waals surface area contributed by atoms with Gasteiger partial charge in [-0.2, -0.15) is 0 Å². The van der Waals surface area contributed by atoms with Gasteiger partial charge in [0.05, 0.1) is 26.2 Å². The van der Waals surface area contributed by atoms with Crippen LogP contribution in [-0.2, 0) is 42.7 Å². The fourth-order valence-electron chi connectivity index (χ4n) is 4.70. The Labute approximate surface area is 245 Å². The first-order valence-electron chi connectivity index (χ1n) is 13.0. The van der Waals surface area contributed by atoms with Crippen LogP contribution in [0.1, 0.15) is 19.4 Å². The maximum Gasteiger partial charge on any atom is 0.317 e. The summed E-state index contributed by atoms with van der Waals surface area (Å²) >= 11 is 0. The predicted octanol–water partition coefficient (Wildman–Crippen LogP) is -0.0245. The van der Waals surface area contributed by atoms with Crippen molar-refractivity contribution in [3.05, 3.63) is 29.8 Å². The van der Waals surface area contributed by atoms with E-state index >= 15 is 0 Å². The maximum absolute atomic E-state index is 11.8. The van der Waals surface area contributed by atoms with Gasteiger partial charge in [0.1, 0.15) is 0 Å². The Morgan fingerprint density at radius 1 is 0.725 bits per heavy atom. The second-order valence-electron chi connectivity index (χ2n) is 10.2. The molecule has 0 aromatic heterocycles. The molecule has 1 saturated heterocycles. The molecular weight excluding hydrogens is 574 g/mol. The quantitative estimate of drug-likeness (QED) is 0.199. The van der Waals surface area contributed by atoms with Crippen molar-refractivity contribution in [3.8, 4) is 0 Å². The molecule has 0 bridgehead atoms. The van der Waals surface area contributed by atoms with Gasteiger partial charge in [0.2, 0.25) is 0 Å². The molecule has 1 radical (unpaired) electrons. The smallest absolute Gasteiger partial charge is 0.317 e. The first-order chi connectivity index (χ1) is 18.4. The molecule has 0 amide bonds. The van der Waals surface area contributed by atoms with Crippen LogP contribution < -0.4 is 5.32 Å². The standard InChI is InChI=1S/C26H41N5O8.Cu/c1-19(2)27-21-5-3-20(4-6-21)13-22-14-30(17-25(36)37)10-9-28(15-23(32)33)7-8-29(16-24(34)35)11-12-31(22)18-26(38)39;/h3-6,19,22,27H,7-18H2,1-2H3,(H,32,33)(H,34,35)(H,36,37)(H,38,39);/i;1+0. The fourth-order valence-corrected chi connectivity index (χ4v) is 4.70. The van der Waals surface area contributed by atoms with Crippen molar-refractivity contribution in [2.24, 2.45) is 0 Å². The van der Waals surface area contributed by atoms with Crippen LogP contribution in [0, 0.1) is 0 Å². The van der Waals surface area contributed by atoms with Crippen LogP contribution in [0.4, 0.5) is 5.69 Å². The van der Waals surface area contributed by atoms with Crippen LogP contribution in [0.5, 0.6) is 0 Å². The Hall–Kier alpha value is -2.74. The third-order valence-electron chi connectivity index (χ3n) is 6.45. The van der Waals surface area contributed by atoms with Gasteiger partial charge in [-0.15, -0.1) is 0 Å². The number of aliphatic carboxylic acids is 4. The van der Waals surface area contributed by atoms with E-state index in [2.05, 4.69) is 5.32 Å². The molecule has 14 heteroatoms. The van der Waals surface area contributed by atoms with Crippen LogP contribution >= 0.6 is 0 Å². The molecule has 1 aromatic carbocycles. The topological polar surface area (TPSA) is 174 Å². The van der Waals surface area contributed by atoms with E-state index in [-0.39, 0.29) is 101 Å². The molecule has 1 unspecified atom stereocenters. The number of rotatable bonds is 12. The van der Waals surface area contributed by atoms with Gasteiger partial charge in [-0.25, -0.2) is 0 Å². The van der Waals surface area contributed by atoms with E-state index < -0.39 is 23.9 Å². The van der Waals surface area contributed by atoms with Gasteiger partial charge < -0.3 is 25.7 Å². The summed E-state index contributed by atoms with van der Waals surface area (Å²) < 4.78 is 0. The summed E-state index contributed by atoms with van der Waals surface area (Å²) in [7, 11) is 0. The predicted molar refractivity (Wildman–Crippen MR) is 144 cm³/mol. The number of hydrogen-bond acceptors (Lipinski definition) is 9. The second-order valence-corrected chi connectivity index (χ2v) is 10.2. The number of carbonyl (C=O) groups is 4. The van der Waals surface area contributed by atoms with Crippen LogP contribution in [-0.4, -0.2) is 148 Å². The minimum atomic E-state index is -1.04. The minimum absolute atomic E-state index is 0. The van der Waals surface area contributed by atoms with E-state index in [1.165, 1.54) is 0 Å². The van der Waals surface area contributed by atoms with Crippen LogP contribution in [0.2, 0.25) is 0 Å². The molecule has 40 heavy (non-hydrogen) atoms. The molecule has 1 fully saturated rings. The Morgan fingerprint density at radius 3 is 1.60 bits per heavy atom. The Morgan fingerprint density at radius 2 is 1.15 bits per heavy atom. The van der Waals surface area contributed by atoms with Crippen molar-refractivity contribution < 1.29 is 56.7 Å². The molecule has 1 aliphatic heterocycles. The third kappa shape index (κ3) is 14.1. The van der Waals surface area contributed by atoms with Gasteiger partial charge in [0.15, 0.2) is 0 Å². The molecule has 13 nitrogen and oxygen atoms in total. The molecule has 0 saturated carbocycles. The van der Waals surface area contributed by atoms with Crippen molar-refractivity contribution in [2.75, 3.05) is 77.3 Å².